The van der Waals surface area contributed by atoms with Crippen LogP contribution >= 0.6 is 0 Å². The van der Waals surface area contributed by atoms with Crippen LogP contribution in [0.2, 0.25) is 0 Å². The lowest BCUT2D eigenvalue weighted by Crippen LogP contribution is -2.31. The molecule has 4 rings (SSSR count). The molecule has 0 aliphatic heterocycles. The highest BCUT2D eigenvalue weighted by Crippen LogP contribution is 2.33. The maximum absolute atomic E-state index is 12.5. The summed E-state index contributed by atoms with van der Waals surface area (Å²) in [7, 11) is 0. The minimum Gasteiger partial charge on any atom is -0.350 e. The highest BCUT2D eigenvalue weighted by atomic mass is 16.1. The summed E-state index contributed by atoms with van der Waals surface area (Å²) < 4.78 is 2.41. The molecule has 3 aromatic rings. The summed E-state index contributed by atoms with van der Waals surface area (Å²) in [5.41, 5.74) is 7.23. The fourth-order valence-electron chi connectivity index (χ4n) is 4.16. The molecule has 1 aromatic heterocycles. The zero-order valence-electron chi connectivity index (χ0n) is 17.4. The van der Waals surface area contributed by atoms with E-state index < -0.39 is 0 Å². The first-order chi connectivity index (χ1) is 14.2. The van der Waals surface area contributed by atoms with Crippen molar-refractivity contribution in [3.8, 4) is 16.9 Å². The molecule has 1 aliphatic rings. The molecular weight excluding hydrogens is 356 g/mol. The van der Waals surface area contributed by atoms with Crippen LogP contribution in [0.4, 0.5) is 0 Å². The average molecular weight is 387 g/mol. The molecule has 150 valence electrons. The van der Waals surface area contributed by atoms with Crippen molar-refractivity contribution in [3.63, 3.8) is 0 Å². The molecule has 29 heavy (non-hydrogen) atoms. The van der Waals surface area contributed by atoms with Crippen molar-refractivity contribution in [1.82, 2.24) is 9.88 Å². The topological polar surface area (TPSA) is 34.0 Å². The third-order valence-corrected chi connectivity index (χ3v) is 6.00. The van der Waals surface area contributed by atoms with E-state index >= 15 is 0 Å². The Morgan fingerprint density at radius 1 is 1.00 bits per heavy atom. The van der Waals surface area contributed by atoms with Gasteiger partial charge in [-0.15, -0.1) is 0 Å². The Kier molecular flexibility index (Phi) is 5.84. The zero-order chi connectivity index (χ0) is 20.2. The molecule has 1 atom stereocenters. The number of carbonyl (C=O) groups is 1. The number of rotatable bonds is 5. The van der Waals surface area contributed by atoms with Gasteiger partial charge in [0.1, 0.15) is 0 Å². The fourth-order valence-corrected chi connectivity index (χ4v) is 4.16. The highest BCUT2D eigenvalue weighted by Gasteiger charge is 2.19. The van der Waals surface area contributed by atoms with Crippen molar-refractivity contribution in [3.05, 3.63) is 77.5 Å². The normalized spacial score (nSPS) is 14.7. The van der Waals surface area contributed by atoms with Crippen LogP contribution in [-0.4, -0.2) is 16.5 Å². The predicted molar refractivity (Wildman–Crippen MR) is 120 cm³/mol. The van der Waals surface area contributed by atoms with Gasteiger partial charge >= 0.3 is 0 Å². The summed E-state index contributed by atoms with van der Waals surface area (Å²) in [4.78, 5) is 12.5. The summed E-state index contributed by atoms with van der Waals surface area (Å²) in [6.07, 6.45) is 6.99. The van der Waals surface area contributed by atoms with Crippen molar-refractivity contribution in [2.75, 3.05) is 0 Å². The van der Waals surface area contributed by atoms with E-state index in [9.17, 15) is 4.79 Å². The van der Waals surface area contributed by atoms with Crippen LogP contribution < -0.4 is 5.32 Å². The van der Waals surface area contributed by atoms with Crippen LogP contribution in [0.5, 0.6) is 0 Å². The summed E-state index contributed by atoms with van der Waals surface area (Å²) >= 11 is 0. The van der Waals surface area contributed by atoms with E-state index in [4.69, 9.17) is 0 Å². The molecule has 0 saturated heterocycles. The number of amides is 1. The predicted octanol–water partition coefficient (Wildman–Crippen LogP) is 5.94. The molecule has 1 unspecified atom stereocenters. The SMILES string of the molecule is CCC(C)NC(=O)c1ccc(-n2c(-c3ccccc3)cc3c2CCCCC3)cc1. The number of aryl methyl sites for hydroxylation is 1. The molecule has 1 amide bonds. The van der Waals surface area contributed by atoms with E-state index in [-0.39, 0.29) is 11.9 Å². The summed E-state index contributed by atoms with van der Waals surface area (Å²) in [6.45, 7) is 4.12. The van der Waals surface area contributed by atoms with Gasteiger partial charge in [0.05, 0.1) is 5.69 Å². The monoisotopic (exact) mass is 386 g/mol. The lowest BCUT2D eigenvalue weighted by atomic mass is 10.1. The Labute approximate surface area is 173 Å². The van der Waals surface area contributed by atoms with Crippen LogP contribution in [0.3, 0.4) is 0 Å². The Bertz CT molecular complexity index is 970. The smallest absolute Gasteiger partial charge is 0.251 e. The fraction of sp³-hybridized carbons (Fsp3) is 0.346. The highest BCUT2D eigenvalue weighted by molar-refractivity contribution is 5.94. The van der Waals surface area contributed by atoms with E-state index in [2.05, 4.69) is 65.3 Å². The van der Waals surface area contributed by atoms with Crippen LogP contribution in [0, 0.1) is 0 Å². The maximum Gasteiger partial charge on any atom is 0.251 e. The number of hydrogen-bond acceptors (Lipinski definition) is 1. The minimum atomic E-state index is 0.000479. The molecule has 3 heteroatoms. The quantitative estimate of drug-likeness (QED) is 0.541. The number of aromatic nitrogens is 1. The van der Waals surface area contributed by atoms with Gasteiger partial charge in [0, 0.05) is 23.0 Å². The number of carbonyl (C=O) groups excluding carboxylic acids is 1. The number of nitrogens with zero attached hydrogens (tertiary/aromatic N) is 1. The van der Waals surface area contributed by atoms with E-state index in [1.165, 1.54) is 41.8 Å². The molecule has 1 heterocycles. The number of benzene rings is 2. The van der Waals surface area contributed by atoms with Gasteiger partial charge in [0.15, 0.2) is 0 Å². The van der Waals surface area contributed by atoms with Crippen molar-refractivity contribution in [1.29, 1.82) is 0 Å². The van der Waals surface area contributed by atoms with Crippen molar-refractivity contribution < 1.29 is 4.79 Å². The van der Waals surface area contributed by atoms with Gasteiger partial charge in [-0.25, -0.2) is 0 Å². The van der Waals surface area contributed by atoms with Gasteiger partial charge in [0.2, 0.25) is 0 Å². The van der Waals surface area contributed by atoms with E-state index in [1.807, 2.05) is 19.1 Å². The Morgan fingerprint density at radius 3 is 2.45 bits per heavy atom. The first kappa shape index (κ1) is 19.5. The molecule has 3 nitrogen and oxygen atoms in total. The van der Waals surface area contributed by atoms with Crippen molar-refractivity contribution >= 4 is 5.91 Å². The molecule has 0 saturated carbocycles. The van der Waals surface area contributed by atoms with Gasteiger partial charge in [-0.3, -0.25) is 4.79 Å². The lowest BCUT2D eigenvalue weighted by molar-refractivity contribution is 0.0939. The summed E-state index contributed by atoms with van der Waals surface area (Å²) in [5, 5.41) is 3.05. The van der Waals surface area contributed by atoms with Gasteiger partial charge in [0.25, 0.3) is 5.91 Å². The van der Waals surface area contributed by atoms with Crippen LogP contribution in [0.15, 0.2) is 60.7 Å². The molecule has 0 fully saturated rings. The van der Waals surface area contributed by atoms with Gasteiger partial charge < -0.3 is 9.88 Å². The second-order valence-corrected chi connectivity index (χ2v) is 8.09. The molecule has 2 aromatic carbocycles. The van der Waals surface area contributed by atoms with Crippen molar-refractivity contribution in [2.24, 2.45) is 0 Å². The molecular formula is C26H30N2O. The third kappa shape index (κ3) is 4.14. The first-order valence-corrected chi connectivity index (χ1v) is 10.9. The molecule has 0 bridgehead atoms. The molecule has 1 aliphatic carbocycles. The lowest BCUT2D eigenvalue weighted by Gasteiger charge is -2.16. The Balaban J connectivity index is 1.74. The number of hydrogen-bond donors (Lipinski definition) is 1. The second-order valence-electron chi connectivity index (χ2n) is 8.09. The molecule has 1 N–H and O–H groups in total. The largest absolute Gasteiger partial charge is 0.350 e. The van der Waals surface area contributed by atoms with E-state index in [1.54, 1.807) is 0 Å². The Morgan fingerprint density at radius 2 is 1.72 bits per heavy atom. The molecule has 0 radical (unpaired) electrons. The minimum absolute atomic E-state index is 0.000479. The van der Waals surface area contributed by atoms with Gasteiger partial charge in [-0.2, -0.15) is 0 Å². The van der Waals surface area contributed by atoms with Gasteiger partial charge in [-0.1, -0.05) is 43.7 Å². The number of fused-ring (bicyclic) bond motifs is 1. The standard InChI is InChI=1S/C26H30N2O/c1-3-19(2)27-26(29)21-14-16-23(17-15-21)28-24-13-9-5-8-12-22(24)18-25(28)20-10-6-4-7-11-20/h4,6-7,10-11,14-19H,3,5,8-9,12-13H2,1-2H3,(H,27,29). The van der Waals surface area contributed by atoms with E-state index in [0.717, 1.165) is 24.9 Å². The zero-order valence-corrected chi connectivity index (χ0v) is 17.4. The molecule has 0 spiro atoms. The Hall–Kier alpha value is -2.81. The van der Waals surface area contributed by atoms with Crippen LogP contribution in [0.25, 0.3) is 16.9 Å². The summed E-state index contributed by atoms with van der Waals surface area (Å²) in [6, 6.07) is 21.2. The van der Waals surface area contributed by atoms with Crippen LogP contribution in [0.1, 0.15) is 61.1 Å². The third-order valence-electron chi connectivity index (χ3n) is 6.00. The summed E-state index contributed by atoms with van der Waals surface area (Å²) in [5.74, 6) is 0.000479. The second kappa shape index (κ2) is 8.69. The average Bonchev–Trinajstić information content (AvgIpc) is 2.96. The van der Waals surface area contributed by atoms with Crippen LogP contribution in [-0.2, 0) is 12.8 Å². The maximum atomic E-state index is 12.5. The van der Waals surface area contributed by atoms with Crippen molar-refractivity contribution in [2.45, 2.75) is 58.4 Å². The van der Waals surface area contributed by atoms with E-state index in [0.29, 0.717) is 5.56 Å². The number of nitrogens with one attached hydrogen (secondary N) is 1. The first-order valence-electron chi connectivity index (χ1n) is 10.9. The van der Waals surface area contributed by atoms with Gasteiger partial charge in [-0.05, 0) is 80.5 Å².